The molecule has 0 radical (unpaired) electrons. The van der Waals surface area contributed by atoms with E-state index in [-0.39, 0.29) is 120 Å². The van der Waals surface area contributed by atoms with Crippen LogP contribution in [0.1, 0.15) is 0 Å². The average Bonchev–Trinajstić information content (AvgIpc) is 2.14. The fourth-order valence-electron chi connectivity index (χ4n) is 1.27. The third-order valence-corrected chi connectivity index (χ3v) is 1.82. The molecule has 0 aromatic carbocycles. The molecule has 1 aliphatic heterocycles. The van der Waals surface area contributed by atoms with Gasteiger partial charge in [-0.2, -0.15) is 9.97 Å². The molecular formula is C6HK2N7O3. The van der Waals surface area contributed by atoms with Crippen molar-refractivity contribution < 1.29 is 113 Å². The maximum absolute atomic E-state index is 11.1. The van der Waals surface area contributed by atoms with E-state index in [1.54, 1.807) is 0 Å². The van der Waals surface area contributed by atoms with E-state index in [4.69, 9.17) is 0 Å². The molecule has 0 unspecified atom stereocenters. The van der Waals surface area contributed by atoms with Crippen LogP contribution in [0.3, 0.4) is 0 Å². The van der Waals surface area contributed by atoms with Gasteiger partial charge in [0.15, 0.2) is 0 Å². The van der Waals surface area contributed by atoms with Gasteiger partial charge in [0.1, 0.15) is 0 Å². The van der Waals surface area contributed by atoms with Gasteiger partial charge in [-0.25, -0.2) is 24.2 Å². The molecule has 0 saturated heterocycles. The van der Waals surface area contributed by atoms with Crippen molar-refractivity contribution in [1.29, 1.82) is 0 Å². The summed E-state index contributed by atoms with van der Waals surface area (Å²) in [5.74, 6) is -0.507. The standard InChI is InChI=1S/C6H3N7O3.2K/c14-4-7-1-8-5(15)10-3-12-6(16)11-2(9-4)13(1)3;;/h(H3,7,8,9,10,11,12,14,15,16);;/q;2*+1/p-2. The Morgan fingerprint density at radius 3 is 2.50 bits per heavy atom. The molecular weight excluding hydrogens is 296 g/mol. The van der Waals surface area contributed by atoms with Crippen molar-refractivity contribution in [2.45, 2.75) is 0 Å². The van der Waals surface area contributed by atoms with Crippen LogP contribution < -0.4 is 124 Å². The Kier molecular flexibility index (Phi) is 5.79. The van der Waals surface area contributed by atoms with Crippen LogP contribution in [0.25, 0.3) is 5.78 Å². The summed E-state index contributed by atoms with van der Waals surface area (Å²) in [5.41, 5.74) is -0.860. The third kappa shape index (κ3) is 2.97. The van der Waals surface area contributed by atoms with Crippen LogP contribution >= 0.6 is 0 Å². The predicted molar refractivity (Wildman–Crippen MR) is 45.0 cm³/mol. The zero-order valence-electron chi connectivity index (χ0n) is 9.41. The number of anilines is 1. The van der Waals surface area contributed by atoms with Crippen LogP contribution in [0.4, 0.5) is 11.9 Å². The summed E-state index contributed by atoms with van der Waals surface area (Å²) < 4.78 is 1.10. The fraction of sp³-hybridized carbons (Fsp3) is 0. The molecule has 0 fully saturated rings. The molecule has 1 aliphatic rings. The van der Waals surface area contributed by atoms with Crippen LogP contribution in [0.5, 0.6) is 6.01 Å². The normalized spacial score (nSPS) is 11.9. The molecule has 18 heavy (non-hydrogen) atoms. The number of aromatic nitrogens is 5. The molecule has 0 spiro atoms. The number of rotatable bonds is 0. The average molecular weight is 297 g/mol. The minimum atomic E-state index is -0.877. The minimum Gasteiger partial charge on any atom is -0.846 e. The first-order valence-electron chi connectivity index (χ1n) is 4.02. The van der Waals surface area contributed by atoms with E-state index in [1.165, 1.54) is 0 Å². The summed E-state index contributed by atoms with van der Waals surface area (Å²) in [4.78, 5) is 28.1. The molecule has 80 valence electrons. The van der Waals surface area contributed by atoms with Crippen molar-refractivity contribution in [3.8, 4) is 6.01 Å². The molecule has 0 bridgehead atoms. The number of nitrogens with zero attached hydrogens (tertiary/aromatic N) is 6. The van der Waals surface area contributed by atoms with Gasteiger partial charge in [-0.15, -0.1) is 0 Å². The van der Waals surface area contributed by atoms with Gasteiger partial charge in [0.05, 0.1) is 12.0 Å². The van der Waals surface area contributed by atoms with Gasteiger partial charge in [0.25, 0.3) is 0 Å². The molecule has 0 atom stereocenters. The van der Waals surface area contributed by atoms with Gasteiger partial charge in [0, 0.05) is 0 Å². The van der Waals surface area contributed by atoms with E-state index in [9.17, 15) is 15.0 Å². The third-order valence-electron chi connectivity index (χ3n) is 1.82. The van der Waals surface area contributed by atoms with E-state index >= 15 is 0 Å². The second-order valence-electron chi connectivity index (χ2n) is 2.81. The van der Waals surface area contributed by atoms with Crippen molar-refractivity contribution in [2.24, 2.45) is 4.99 Å². The topological polar surface area (TPSA) is 144 Å². The summed E-state index contributed by atoms with van der Waals surface area (Å²) in [6, 6.07) is -1.64. The van der Waals surface area contributed by atoms with Crippen molar-refractivity contribution >= 4 is 23.7 Å². The van der Waals surface area contributed by atoms with Crippen LogP contribution in [0.2, 0.25) is 0 Å². The molecule has 3 rings (SSSR count). The molecule has 0 aliphatic carbocycles. The smallest absolute Gasteiger partial charge is 0.846 e. The van der Waals surface area contributed by atoms with Gasteiger partial charge in [-0.3, -0.25) is 0 Å². The quantitative estimate of drug-likeness (QED) is 0.472. The van der Waals surface area contributed by atoms with Gasteiger partial charge < -0.3 is 15.5 Å². The Hall–Kier alpha value is 0.493. The van der Waals surface area contributed by atoms with Crippen LogP contribution in [-0.2, 0) is 0 Å². The maximum atomic E-state index is 11.1. The minimum absolute atomic E-state index is 0. The first-order chi connectivity index (χ1) is 7.63. The monoisotopic (exact) mass is 297 g/mol. The predicted octanol–water partition coefficient (Wildman–Crippen LogP) is -9.27. The van der Waals surface area contributed by atoms with Gasteiger partial charge in [-0.1, -0.05) is 0 Å². The Bertz CT molecular complexity index is 699. The zero-order valence-corrected chi connectivity index (χ0v) is 15.7. The summed E-state index contributed by atoms with van der Waals surface area (Å²) >= 11 is 0. The van der Waals surface area contributed by atoms with Crippen LogP contribution in [0.15, 0.2) is 9.79 Å². The summed E-state index contributed by atoms with van der Waals surface area (Å²) in [5, 5.41) is 24.3. The van der Waals surface area contributed by atoms with Crippen molar-refractivity contribution in [1.82, 2.24) is 24.3 Å². The molecule has 0 amide bonds. The molecule has 0 saturated carbocycles. The summed E-state index contributed by atoms with van der Waals surface area (Å²) in [7, 11) is 0. The second-order valence-corrected chi connectivity index (χ2v) is 2.81. The van der Waals surface area contributed by atoms with Crippen LogP contribution in [-0.4, -0.2) is 30.4 Å². The SMILES string of the molecule is O=c1nc2n3c(nc([O-])nc3n1)N=C([O-])N2.[K+].[K+]. The molecule has 2 aromatic heterocycles. The first kappa shape index (κ1) is 16.5. The fourth-order valence-corrected chi connectivity index (χ4v) is 1.27. The number of aliphatic imine (C=N–C) groups is 1. The van der Waals surface area contributed by atoms with E-state index in [0.717, 1.165) is 4.40 Å². The second kappa shape index (κ2) is 6.30. The number of hydrogen-bond acceptors (Lipinski definition) is 9. The van der Waals surface area contributed by atoms with Gasteiger partial charge in [0.2, 0.25) is 17.7 Å². The largest absolute Gasteiger partial charge is 1.00 e. The van der Waals surface area contributed by atoms with Gasteiger partial charge in [-0.05, 0) is 0 Å². The molecule has 2 aromatic rings. The molecule has 10 nitrogen and oxygen atoms in total. The number of amidine groups is 1. The Balaban J connectivity index is 0.000000810. The van der Waals surface area contributed by atoms with Crippen LogP contribution in [0, 0.1) is 0 Å². The maximum Gasteiger partial charge on any atom is 1.00 e. The number of hydrogen-bond donors (Lipinski definition) is 1. The van der Waals surface area contributed by atoms with E-state index in [2.05, 4.69) is 30.2 Å². The van der Waals surface area contributed by atoms with E-state index in [0.29, 0.717) is 0 Å². The van der Waals surface area contributed by atoms with E-state index in [1.807, 2.05) is 0 Å². The summed E-state index contributed by atoms with van der Waals surface area (Å²) in [6.45, 7) is 0. The zero-order chi connectivity index (χ0) is 11.3. The van der Waals surface area contributed by atoms with Crippen molar-refractivity contribution in [3.63, 3.8) is 0 Å². The first-order valence-corrected chi connectivity index (χ1v) is 4.02. The Morgan fingerprint density at radius 2 is 1.78 bits per heavy atom. The molecule has 1 N–H and O–H groups in total. The molecule has 12 heteroatoms. The number of nitrogens with one attached hydrogen (secondary N) is 1. The molecule has 3 heterocycles. The van der Waals surface area contributed by atoms with Crippen molar-refractivity contribution in [3.05, 3.63) is 10.5 Å². The summed E-state index contributed by atoms with van der Waals surface area (Å²) in [6.07, 6.45) is 0. The van der Waals surface area contributed by atoms with Crippen molar-refractivity contribution in [2.75, 3.05) is 5.32 Å². The van der Waals surface area contributed by atoms with Gasteiger partial charge >= 0.3 is 108 Å². The Morgan fingerprint density at radius 1 is 1.06 bits per heavy atom. The Labute approximate surface area is 184 Å². The van der Waals surface area contributed by atoms with E-state index < -0.39 is 17.7 Å².